The van der Waals surface area contributed by atoms with Crippen molar-refractivity contribution in [3.8, 4) is 22.6 Å². The minimum absolute atomic E-state index is 0.465. The van der Waals surface area contributed by atoms with Gasteiger partial charge < -0.3 is 4.98 Å². The van der Waals surface area contributed by atoms with E-state index in [0.29, 0.717) is 17.1 Å². The number of benzene rings is 2. The summed E-state index contributed by atoms with van der Waals surface area (Å²) in [5.74, 6) is 1.53. The Balaban J connectivity index is 0.00000134. The minimum Gasteiger partial charge on any atom is -0.338 e. The topological polar surface area (TPSA) is 31.9 Å². The summed E-state index contributed by atoms with van der Waals surface area (Å²) in [5.41, 5.74) is 2.48. The van der Waals surface area contributed by atoms with E-state index in [4.69, 9.17) is 0 Å². The van der Waals surface area contributed by atoms with Crippen LogP contribution in [0.3, 0.4) is 0 Å². The lowest BCUT2D eigenvalue weighted by Gasteiger charge is -2.21. The zero-order valence-corrected chi connectivity index (χ0v) is 25.0. The smallest absolute Gasteiger partial charge is 0.338 e. The molecule has 0 radical (unpaired) electrons. The largest absolute Gasteiger partial charge is 0.416 e. The Labute approximate surface area is 229 Å². The molecule has 0 spiro atoms. The van der Waals surface area contributed by atoms with Crippen LogP contribution in [0.1, 0.15) is 92.7 Å². The lowest BCUT2D eigenvalue weighted by molar-refractivity contribution is -0.137. The predicted molar refractivity (Wildman–Crippen MR) is 158 cm³/mol. The van der Waals surface area contributed by atoms with Crippen molar-refractivity contribution in [2.75, 3.05) is 13.1 Å². The highest BCUT2D eigenvalue weighted by Gasteiger charge is 2.30. The molecule has 0 aliphatic rings. The van der Waals surface area contributed by atoms with Crippen molar-refractivity contribution in [1.29, 1.82) is 0 Å². The first-order valence-electron chi connectivity index (χ1n) is 14.2. The molecule has 6 heteroatoms. The number of hydrogen-bond donors (Lipinski definition) is 1. The molecule has 2 aromatic carbocycles. The van der Waals surface area contributed by atoms with E-state index >= 15 is 0 Å². The van der Waals surface area contributed by atoms with Crippen LogP contribution in [0.15, 0.2) is 54.7 Å². The summed E-state index contributed by atoms with van der Waals surface area (Å²) in [7, 11) is 0. The van der Waals surface area contributed by atoms with Crippen LogP contribution in [0, 0.1) is 5.92 Å². The first-order chi connectivity index (χ1) is 18.2. The Morgan fingerprint density at radius 2 is 1.39 bits per heavy atom. The summed E-state index contributed by atoms with van der Waals surface area (Å²) in [4.78, 5) is 9.99. The Morgan fingerprint density at radius 3 is 1.92 bits per heavy atom. The van der Waals surface area contributed by atoms with Gasteiger partial charge in [-0.1, -0.05) is 99.1 Å². The van der Waals surface area contributed by atoms with Crippen LogP contribution in [-0.2, 0) is 12.7 Å². The molecule has 0 saturated heterocycles. The van der Waals surface area contributed by atoms with Gasteiger partial charge in [0, 0.05) is 17.7 Å². The SMILES string of the molecule is CC.CC.CCC(C)C.CCCN(CCC)Cc1cccc(-c2ncc(-c3cccc(C(F)(F)F)c3)[nH]2)c1. The summed E-state index contributed by atoms with van der Waals surface area (Å²) in [6.45, 7) is 22.0. The molecule has 1 heterocycles. The Morgan fingerprint density at radius 1 is 0.842 bits per heavy atom. The van der Waals surface area contributed by atoms with E-state index in [1.165, 1.54) is 18.1 Å². The summed E-state index contributed by atoms with van der Waals surface area (Å²) < 4.78 is 38.9. The molecule has 0 aliphatic heterocycles. The maximum atomic E-state index is 13.0. The second-order valence-corrected chi connectivity index (χ2v) is 9.00. The third-order valence-electron chi connectivity index (χ3n) is 5.58. The quantitative estimate of drug-likeness (QED) is 0.297. The first kappa shape index (κ1) is 35.4. The summed E-state index contributed by atoms with van der Waals surface area (Å²) in [6.07, 6.45) is 0.741. The van der Waals surface area contributed by atoms with Crippen LogP contribution in [0.25, 0.3) is 22.6 Å². The average Bonchev–Trinajstić information content (AvgIpc) is 3.42. The van der Waals surface area contributed by atoms with Crippen molar-refractivity contribution >= 4 is 0 Å². The van der Waals surface area contributed by atoms with E-state index in [9.17, 15) is 13.2 Å². The number of alkyl halides is 3. The Hall–Kier alpha value is -2.60. The highest BCUT2D eigenvalue weighted by Crippen LogP contribution is 2.32. The Kier molecular flexibility index (Phi) is 18.1. The van der Waals surface area contributed by atoms with Crippen LogP contribution in [0.4, 0.5) is 13.2 Å². The fourth-order valence-corrected chi connectivity index (χ4v) is 3.46. The number of imidazole rings is 1. The van der Waals surface area contributed by atoms with E-state index in [-0.39, 0.29) is 0 Å². The van der Waals surface area contributed by atoms with Crippen LogP contribution in [0.2, 0.25) is 0 Å². The highest BCUT2D eigenvalue weighted by atomic mass is 19.4. The molecule has 3 nitrogen and oxygen atoms in total. The van der Waals surface area contributed by atoms with Gasteiger partial charge >= 0.3 is 6.18 Å². The molecule has 0 atom stereocenters. The summed E-state index contributed by atoms with van der Waals surface area (Å²) in [5, 5.41) is 0. The van der Waals surface area contributed by atoms with Crippen molar-refractivity contribution in [3.05, 3.63) is 65.9 Å². The van der Waals surface area contributed by atoms with Gasteiger partial charge in [-0.3, -0.25) is 4.90 Å². The van der Waals surface area contributed by atoms with E-state index in [2.05, 4.69) is 61.6 Å². The second kappa shape index (κ2) is 19.5. The second-order valence-electron chi connectivity index (χ2n) is 9.00. The molecular weight excluding hydrogens is 483 g/mol. The molecule has 0 fully saturated rings. The maximum Gasteiger partial charge on any atom is 0.416 e. The molecular formula is C32H50F3N3. The Bertz CT molecular complexity index is 987. The zero-order chi connectivity index (χ0) is 29.1. The van der Waals surface area contributed by atoms with E-state index in [1.807, 2.05) is 39.8 Å². The molecule has 3 aromatic rings. The van der Waals surface area contributed by atoms with Crippen molar-refractivity contribution in [1.82, 2.24) is 14.9 Å². The maximum absolute atomic E-state index is 13.0. The normalized spacial score (nSPS) is 10.7. The van der Waals surface area contributed by atoms with E-state index < -0.39 is 11.7 Å². The van der Waals surface area contributed by atoms with Gasteiger partial charge in [0.1, 0.15) is 5.82 Å². The third-order valence-corrected chi connectivity index (χ3v) is 5.58. The number of rotatable bonds is 9. The molecule has 0 unspecified atom stereocenters. The molecule has 0 saturated carbocycles. The van der Waals surface area contributed by atoms with Crippen molar-refractivity contribution in [2.24, 2.45) is 5.92 Å². The molecule has 214 valence electrons. The van der Waals surface area contributed by atoms with Gasteiger partial charge in [-0.15, -0.1) is 0 Å². The van der Waals surface area contributed by atoms with Crippen LogP contribution in [-0.4, -0.2) is 28.0 Å². The molecule has 0 bridgehead atoms. The van der Waals surface area contributed by atoms with E-state index in [1.54, 1.807) is 12.3 Å². The lowest BCUT2D eigenvalue weighted by Crippen LogP contribution is -2.24. The number of nitrogens with zero attached hydrogens (tertiary/aromatic N) is 2. The lowest BCUT2D eigenvalue weighted by atomic mass is 10.1. The van der Waals surface area contributed by atoms with Crippen LogP contribution in [0.5, 0.6) is 0 Å². The van der Waals surface area contributed by atoms with Crippen molar-refractivity contribution < 1.29 is 13.2 Å². The third kappa shape index (κ3) is 12.8. The van der Waals surface area contributed by atoms with Crippen molar-refractivity contribution in [3.63, 3.8) is 0 Å². The van der Waals surface area contributed by atoms with Crippen LogP contribution < -0.4 is 0 Å². The fourth-order valence-electron chi connectivity index (χ4n) is 3.46. The van der Waals surface area contributed by atoms with Gasteiger partial charge in [-0.2, -0.15) is 13.2 Å². The number of aromatic nitrogens is 2. The predicted octanol–water partition coefficient (Wildman–Crippen LogP) is 10.5. The highest BCUT2D eigenvalue weighted by molar-refractivity contribution is 5.65. The van der Waals surface area contributed by atoms with Crippen LogP contribution >= 0.6 is 0 Å². The monoisotopic (exact) mass is 533 g/mol. The summed E-state index contributed by atoms with van der Waals surface area (Å²) in [6, 6.07) is 13.4. The molecule has 0 aliphatic carbocycles. The zero-order valence-electron chi connectivity index (χ0n) is 25.0. The number of halogens is 3. The van der Waals surface area contributed by atoms with Gasteiger partial charge in [0.25, 0.3) is 0 Å². The summed E-state index contributed by atoms with van der Waals surface area (Å²) >= 11 is 0. The van der Waals surface area contributed by atoms with E-state index in [0.717, 1.165) is 56.1 Å². The van der Waals surface area contributed by atoms with Gasteiger partial charge in [0.2, 0.25) is 0 Å². The average molecular weight is 534 g/mol. The molecule has 0 amide bonds. The number of nitrogens with one attached hydrogen (secondary N) is 1. The molecule has 1 aromatic heterocycles. The molecule has 38 heavy (non-hydrogen) atoms. The van der Waals surface area contributed by atoms with Gasteiger partial charge in [0.05, 0.1) is 17.5 Å². The number of hydrogen-bond acceptors (Lipinski definition) is 2. The van der Waals surface area contributed by atoms with Gasteiger partial charge in [-0.05, 0) is 55.6 Å². The van der Waals surface area contributed by atoms with Gasteiger partial charge in [-0.25, -0.2) is 4.98 Å². The fraction of sp³-hybridized carbons (Fsp3) is 0.531. The number of H-pyrrole nitrogens is 1. The first-order valence-corrected chi connectivity index (χ1v) is 14.2. The molecule has 1 N–H and O–H groups in total. The van der Waals surface area contributed by atoms with Crippen molar-refractivity contribution in [2.45, 2.75) is 94.3 Å². The van der Waals surface area contributed by atoms with Gasteiger partial charge in [0.15, 0.2) is 0 Å². The standard InChI is InChI=1S/C23H26F3N3.C5H12.2C2H6/c1-3-11-29(12-4-2)16-17-7-5-9-19(13-17)22-27-15-21(28-22)18-8-6-10-20(14-18)23(24,25)26;1-4-5(2)3;2*1-2/h5-10,13-15H,3-4,11-12,16H2,1-2H3,(H,27,28);5H,4H2,1-3H3;2*1-2H3. The number of aromatic amines is 1. The molecule has 3 rings (SSSR count). The minimum atomic E-state index is -4.37.